The lowest BCUT2D eigenvalue weighted by molar-refractivity contribution is -0.116. The number of hydrogen-bond acceptors (Lipinski definition) is 6. The SMILES string of the molecule is CCN(CC)S(=O)(=O)c1ccc(OC(C)C)c(NC(=O)CCC(=O)c2ccc(C)s2)c1. The Hall–Kier alpha value is -2.23. The first-order valence-corrected chi connectivity index (χ1v) is 12.5. The van der Waals surface area contributed by atoms with Crippen LogP contribution in [0.4, 0.5) is 5.69 Å². The smallest absolute Gasteiger partial charge is 0.243 e. The summed E-state index contributed by atoms with van der Waals surface area (Å²) in [6.45, 7) is 9.83. The zero-order chi connectivity index (χ0) is 23.2. The van der Waals surface area contributed by atoms with E-state index in [0.29, 0.717) is 23.7 Å². The minimum atomic E-state index is -3.69. The number of Topliss-reactive ketones (excluding diaryl/α,β-unsaturated/α-hetero) is 1. The van der Waals surface area contributed by atoms with Crippen LogP contribution in [0.15, 0.2) is 35.2 Å². The predicted molar refractivity (Wildman–Crippen MR) is 124 cm³/mol. The maximum atomic E-state index is 12.9. The predicted octanol–water partition coefficient (Wildman–Crippen LogP) is 4.48. The van der Waals surface area contributed by atoms with Crippen molar-refractivity contribution < 1.29 is 22.7 Å². The Morgan fingerprint density at radius 3 is 2.32 bits per heavy atom. The van der Waals surface area contributed by atoms with Gasteiger partial charge >= 0.3 is 0 Å². The number of ether oxygens (including phenoxy) is 1. The van der Waals surface area contributed by atoms with E-state index in [4.69, 9.17) is 4.74 Å². The number of aryl methyl sites for hydroxylation is 1. The molecule has 0 bridgehead atoms. The third-order valence-electron chi connectivity index (χ3n) is 4.53. The van der Waals surface area contributed by atoms with Crippen molar-refractivity contribution in [3.8, 4) is 5.75 Å². The molecule has 31 heavy (non-hydrogen) atoms. The van der Waals surface area contributed by atoms with E-state index in [-0.39, 0.29) is 41.2 Å². The first-order valence-electron chi connectivity index (χ1n) is 10.3. The van der Waals surface area contributed by atoms with Crippen molar-refractivity contribution >= 4 is 38.7 Å². The summed E-state index contributed by atoms with van der Waals surface area (Å²) >= 11 is 1.40. The fourth-order valence-electron chi connectivity index (χ4n) is 2.98. The highest BCUT2D eigenvalue weighted by atomic mass is 32.2. The number of carbonyl (C=O) groups excluding carboxylic acids is 2. The number of benzene rings is 1. The van der Waals surface area contributed by atoms with Crippen LogP contribution in [-0.2, 0) is 14.8 Å². The summed E-state index contributed by atoms with van der Waals surface area (Å²) in [6, 6.07) is 8.06. The van der Waals surface area contributed by atoms with Gasteiger partial charge in [-0.3, -0.25) is 9.59 Å². The molecular formula is C22H30N2O5S2. The van der Waals surface area contributed by atoms with Crippen molar-refractivity contribution in [2.24, 2.45) is 0 Å². The van der Waals surface area contributed by atoms with E-state index in [2.05, 4.69) is 5.32 Å². The van der Waals surface area contributed by atoms with Crippen LogP contribution in [0.3, 0.4) is 0 Å². The van der Waals surface area contributed by atoms with Gasteiger partial charge in [-0.15, -0.1) is 11.3 Å². The number of ketones is 1. The molecule has 0 fully saturated rings. The van der Waals surface area contributed by atoms with Crippen LogP contribution in [0.5, 0.6) is 5.75 Å². The second-order valence-electron chi connectivity index (χ2n) is 7.30. The number of anilines is 1. The van der Waals surface area contributed by atoms with Crippen molar-refractivity contribution in [1.29, 1.82) is 0 Å². The molecule has 0 radical (unpaired) electrons. The molecule has 2 rings (SSSR count). The number of hydrogen-bond donors (Lipinski definition) is 1. The molecule has 0 saturated carbocycles. The second-order valence-corrected chi connectivity index (χ2v) is 10.5. The van der Waals surface area contributed by atoms with Gasteiger partial charge in [0.15, 0.2) is 5.78 Å². The quantitative estimate of drug-likeness (QED) is 0.493. The largest absolute Gasteiger partial charge is 0.489 e. The first-order chi connectivity index (χ1) is 14.6. The molecule has 1 N–H and O–H groups in total. The summed E-state index contributed by atoms with van der Waals surface area (Å²) in [5.74, 6) is -0.0977. The van der Waals surface area contributed by atoms with E-state index in [9.17, 15) is 18.0 Å². The Bertz CT molecular complexity index is 1020. The van der Waals surface area contributed by atoms with Gasteiger partial charge in [0.1, 0.15) is 5.75 Å². The second kappa shape index (κ2) is 10.9. The number of rotatable bonds is 11. The number of nitrogens with one attached hydrogen (secondary N) is 1. The van der Waals surface area contributed by atoms with Gasteiger partial charge in [0.25, 0.3) is 0 Å². The molecule has 0 aliphatic rings. The minimum Gasteiger partial charge on any atom is -0.489 e. The summed E-state index contributed by atoms with van der Waals surface area (Å²) in [5, 5.41) is 2.72. The number of carbonyl (C=O) groups is 2. The van der Waals surface area contributed by atoms with E-state index >= 15 is 0 Å². The van der Waals surface area contributed by atoms with Gasteiger partial charge < -0.3 is 10.1 Å². The number of sulfonamides is 1. The third kappa shape index (κ3) is 6.62. The normalized spacial score (nSPS) is 11.7. The van der Waals surface area contributed by atoms with Gasteiger partial charge in [-0.25, -0.2) is 8.42 Å². The Labute approximate surface area is 188 Å². The molecule has 0 aliphatic heterocycles. The van der Waals surface area contributed by atoms with Crippen LogP contribution in [0.25, 0.3) is 0 Å². The fourth-order valence-corrected chi connectivity index (χ4v) is 5.30. The lowest BCUT2D eigenvalue weighted by Gasteiger charge is -2.20. The van der Waals surface area contributed by atoms with Gasteiger partial charge in [0.05, 0.1) is 21.6 Å². The van der Waals surface area contributed by atoms with Crippen LogP contribution in [0.1, 0.15) is 55.1 Å². The Kier molecular flexibility index (Phi) is 8.79. The standard InChI is InChI=1S/C22H30N2O5S2/c1-6-24(7-2)31(27,28)17-9-11-20(29-15(3)4)18(14-17)23-22(26)13-10-19(25)21-12-8-16(5)30-21/h8-9,11-12,14-15H,6-7,10,13H2,1-5H3,(H,23,26). The van der Waals surface area contributed by atoms with Crippen LogP contribution >= 0.6 is 11.3 Å². The van der Waals surface area contributed by atoms with E-state index in [1.807, 2.05) is 26.8 Å². The van der Waals surface area contributed by atoms with Crippen molar-refractivity contribution in [1.82, 2.24) is 4.31 Å². The summed E-state index contributed by atoms with van der Waals surface area (Å²) in [4.78, 5) is 26.5. The number of amides is 1. The van der Waals surface area contributed by atoms with Crippen molar-refractivity contribution in [3.63, 3.8) is 0 Å². The summed E-state index contributed by atoms with van der Waals surface area (Å²) in [7, 11) is -3.69. The average Bonchev–Trinajstić information content (AvgIpc) is 3.14. The zero-order valence-electron chi connectivity index (χ0n) is 18.6. The minimum absolute atomic E-state index is 0.01000. The molecule has 0 aliphatic carbocycles. The number of thiophene rings is 1. The van der Waals surface area contributed by atoms with Gasteiger partial charge in [0.2, 0.25) is 15.9 Å². The van der Waals surface area contributed by atoms with Gasteiger partial charge in [-0.2, -0.15) is 4.31 Å². The van der Waals surface area contributed by atoms with E-state index in [1.165, 1.54) is 27.8 Å². The van der Waals surface area contributed by atoms with E-state index in [0.717, 1.165) is 4.88 Å². The molecule has 1 aromatic heterocycles. The molecule has 0 spiro atoms. The Balaban J connectivity index is 2.21. The molecule has 0 saturated heterocycles. The molecule has 9 heteroatoms. The molecule has 1 aromatic carbocycles. The maximum Gasteiger partial charge on any atom is 0.243 e. The van der Waals surface area contributed by atoms with Crippen LogP contribution < -0.4 is 10.1 Å². The van der Waals surface area contributed by atoms with Gasteiger partial charge in [-0.05, 0) is 51.1 Å². The molecule has 0 unspecified atom stereocenters. The zero-order valence-corrected chi connectivity index (χ0v) is 20.2. The fraction of sp³-hybridized carbons (Fsp3) is 0.455. The van der Waals surface area contributed by atoms with E-state index < -0.39 is 10.0 Å². The first kappa shape index (κ1) is 25.0. The molecule has 2 aromatic rings. The van der Waals surface area contributed by atoms with Crippen LogP contribution in [0, 0.1) is 6.92 Å². The summed E-state index contributed by atoms with van der Waals surface area (Å²) in [6.07, 6.45) is -0.0995. The van der Waals surface area contributed by atoms with Gasteiger partial charge in [0, 0.05) is 30.8 Å². The van der Waals surface area contributed by atoms with Gasteiger partial charge in [-0.1, -0.05) is 13.8 Å². The Morgan fingerprint density at radius 1 is 1.10 bits per heavy atom. The topological polar surface area (TPSA) is 92.8 Å². The molecule has 170 valence electrons. The lowest BCUT2D eigenvalue weighted by Crippen LogP contribution is -2.30. The highest BCUT2D eigenvalue weighted by molar-refractivity contribution is 7.89. The van der Waals surface area contributed by atoms with Crippen molar-refractivity contribution in [2.45, 2.75) is 58.5 Å². The van der Waals surface area contributed by atoms with Crippen LogP contribution in [0.2, 0.25) is 0 Å². The monoisotopic (exact) mass is 466 g/mol. The third-order valence-corrected chi connectivity index (χ3v) is 7.61. The summed E-state index contributed by atoms with van der Waals surface area (Å²) < 4.78 is 32.8. The highest BCUT2D eigenvalue weighted by Crippen LogP contribution is 2.30. The van der Waals surface area contributed by atoms with E-state index in [1.54, 1.807) is 26.0 Å². The lowest BCUT2D eigenvalue weighted by atomic mass is 10.2. The number of nitrogens with zero attached hydrogens (tertiary/aromatic N) is 1. The van der Waals surface area contributed by atoms with Crippen LogP contribution in [-0.4, -0.2) is 43.6 Å². The maximum absolute atomic E-state index is 12.9. The average molecular weight is 467 g/mol. The van der Waals surface area contributed by atoms with Crippen molar-refractivity contribution in [3.05, 3.63) is 40.1 Å². The molecule has 1 heterocycles. The molecular weight excluding hydrogens is 436 g/mol. The van der Waals surface area contributed by atoms with Crippen molar-refractivity contribution in [2.75, 3.05) is 18.4 Å². The molecule has 0 atom stereocenters. The molecule has 7 nitrogen and oxygen atoms in total. The highest BCUT2D eigenvalue weighted by Gasteiger charge is 2.23. The molecule has 1 amide bonds. The Morgan fingerprint density at radius 2 is 1.77 bits per heavy atom. The summed E-state index contributed by atoms with van der Waals surface area (Å²) in [5.41, 5.74) is 0.270.